The summed E-state index contributed by atoms with van der Waals surface area (Å²) in [5.74, 6) is 0. The maximum absolute atomic E-state index is 11.5. The number of hydrogen-bond donors (Lipinski definition) is 2. The number of amides is 2. The molecular weight excluding hydrogens is 256 g/mol. The second-order valence-corrected chi connectivity index (χ2v) is 4.22. The number of nitrogens with one attached hydrogen (secondary N) is 2. The van der Waals surface area contributed by atoms with E-state index in [0.29, 0.717) is 19.7 Å². The molecule has 1 heterocycles. The minimum atomic E-state index is -0.202. The molecule has 1 aromatic heterocycles. The lowest BCUT2D eigenvalue weighted by Crippen LogP contribution is -2.36. The van der Waals surface area contributed by atoms with Gasteiger partial charge in [-0.2, -0.15) is 5.10 Å². The number of hydrogen-bond acceptors (Lipinski definition) is 3. The van der Waals surface area contributed by atoms with Gasteiger partial charge in [0, 0.05) is 32.6 Å². The zero-order valence-corrected chi connectivity index (χ0v) is 11.4. The number of methoxy groups -OCH3 is 1. The summed E-state index contributed by atoms with van der Waals surface area (Å²) in [6, 6.07) is 9.52. The van der Waals surface area contributed by atoms with Gasteiger partial charge in [-0.3, -0.25) is 0 Å². The van der Waals surface area contributed by atoms with Gasteiger partial charge in [-0.25, -0.2) is 9.48 Å². The van der Waals surface area contributed by atoms with Crippen LogP contribution in [0, 0.1) is 0 Å². The van der Waals surface area contributed by atoms with Crippen LogP contribution in [0.5, 0.6) is 0 Å². The summed E-state index contributed by atoms with van der Waals surface area (Å²) in [6.07, 6.45) is 3.61. The minimum absolute atomic E-state index is 0.202. The van der Waals surface area contributed by atoms with Crippen LogP contribution in [0.4, 0.5) is 4.79 Å². The van der Waals surface area contributed by atoms with Crippen LogP contribution >= 0.6 is 0 Å². The molecule has 6 heteroatoms. The van der Waals surface area contributed by atoms with Crippen molar-refractivity contribution in [1.82, 2.24) is 20.4 Å². The van der Waals surface area contributed by atoms with Crippen LogP contribution in [-0.2, 0) is 11.3 Å². The van der Waals surface area contributed by atoms with E-state index >= 15 is 0 Å². The maximum atomic E-state index is 11.5. The monoisotopic (exact) mass is 274 g/mol. The lowest BCUT2D eigenvalue weighted by Gasteiger charge is -2.08. The molecule has 0 saturated heterocycles. The summed E-state index contributed by atoms with van der Waals surface area (Å²) < 4.78 is 6.64. The normalized spacial score (nSPS) is 10.2. The highest BCUT2D eigenvalue weighted by Gasteiger charge is 2.01. The van der Waals surface area contributed by atoms with E-state index in [2.05, 4.69) is 15.7 Å². The van der Waals surface area contributed by atoms with Gasteiger partial charge in [0.2, 0.25) is 0 Å². The number of aromatic nitrogens is 2. The van der Waals surface area contributed by atoms with Crippen LogP contribution in [0.15, 0.2) is 42.7 Å². The van der Waals surface area contributed by atoms with E-state index in [0.717, 1.165) is 11.3 Å². The van der Waals surface area contributed by atoms with Crippen molar-refractivity contribution in [2.45, 2.75) is 6.54 Å². The average molecular weight is 274 g/mol. The van der Waals surface area contributed by atoms with Gasteiger partial charge in [0.25, 0.3) is 0 Å². The van der Waals surface area contributed by atoms with Crippen LogP contribution in [0.2, 0.25) is 0 Å². The Labute approximate surface area is 117 Å². The fraction of sp³-hybridized carbons (Fsp3) is 0.286. The van der Waals surface area contributed by atoms with E-state index in [9.17, 15) is 4.79 Å². The summed E-state index contributed by atoms with van der Waals surface area (Å²) in [5, 5.41) is 9.67. The van der Waals surface area contributed by atoms with E-state index < -0.39 is 0 Å². The molecule has 0 aliphatic carbocycles. The Kier molecular flexibility index (Phi) is 5.14. The number of urea groups is 1. The number of benzene rings is 1. The van der Waals surface area contributed by atoms with Crippen molar-refractivity contribution < 1.29 is 9.53 Å². The first-order chi connectivity index (χ1) is 9.79. The molecule has 0 bridgehead atoms. The largest absolute Gasteiger partial charge is 0.383 e. The van der Waals surface area contributed by atoms with Gasteiger partial charge in [0.05, 0.1) is 12.3 Å². The summed E-state index contributed by atoms with van der Waals surface area (Å²) in [6.45, 7) is 1.46. The first-order valence-corrected chi connectivity index (χ1v) is 6.39. The van der Waals surface area contributed by atoms with Crippen molar-refractivity contribution >= 4 is 6.03 Å². The molecule has 0 fully saturated rings. The molecule has 0 aliphatic heterocycles. The van der Waals surface area contributed by atoms with Gasteiger partial charge >= 0.3 is 6.03 Å². The Balaban J connectivity index is 1.87. The molecule has 0 atom stereocenters. The zero-order chi connectivity index (χ0) is 14.2. The standard InChI is InChI=1S/C14H18N4O2/c1-20-9-7-15-14(19)16-11-12-4-2-5-13(10-12)18-8-3-6-17-18/h2-6,8,10H,7,9,11H2,1H3,(H2,15,16,19). The van der Waals surface area contributed by atoms with Gasteiger partial charge in [-0.05, 0) is 23.8 Å². The second-order valence-electron chi connectivity index (χ2n) is 4.22. The predicted molar refractivity (Wildman–Crippen MR) is 75.7 cm³/mol. The highest BCUT2D eigenvalue weighted by molar-refractivity contribution is 5.73. The molecule has 2 N–H and O–H groups in total. The highest BCUT2D eigenvalue weighted by Crippen LogP contribution is 2.09. The predicted octanol–water partition coefficient (Wildman–Crippen LogP) is 1.32. The molecule has 2 rings (SSSR count). The van der Waals surface area contributed by atoms with Gasteiger partial charge in [0.1, 0.15) is 0 Å². The highest BCUT2D eigenvalue weighted by atomic mass is 16.5. The van der Waals surface area contributed by atoms with E-state index in [1.807, 2.05) is 36.5 Å². The Bertz CT molecular complexity index is 540. The Morgan fingerprint density at radius 2 is 2.25 bits per heavy atom. The maximum Gasteiger partial charge on any atom is 0.315 e. The number of carbonyl (C=O) groups is 1. The summed E-state index contributed by atoms with van der Waals surface area (Å²) in [7, 11) is 1.60. The van der Waals surface area contributed by atoms with Crippen molar-refractivity contribution in [3.05, 3.63) is 48.3 Å². The molecule has 0 aliphatic rings. The number of ether oxygens (including phenoxy) is 1. The van der Waals surface area contributed by atoms with Crippen molar-refractivity contribution in [3.63, 3.8) is 0 Å². The molecule has 6 nitrogen and oxygen atoms in total. The molecule has 0 radical (unpaired) electrons. The van der Waals surface area contributed by atoms with Crippen LogP contribution in [0.25, 0.3) is 5.69 Å². The number of carbonyl (C=O) groups excluding carboxylic acids is 1. The van der Waals surface area contributed by atoms with Crippen molar-refractivity contribution in [1.29, 1.82) is 0 Å². The molecule has 0 saturated carbocycles. The van der Waals surface area contributed by atoms with Gasteiger partial charge in [0.15, 0.2) is 0 Å². The fourth-order valence-electron chi connectivity index (χ4n) is 1.74. The topological polar surface area (TPSA) is 68.2 Å². The molecule has 1 aromatic carbocycles. The zero-order valence-electron chi connectivity index (χ0n) is 11.4. The van der Waals surface area contributed by atoms with Crippen molar-refractivity contribution in [3.8, 4) is 5.69 Å². The lowest BCUT2D eigenvalue weighted by molar-refractivity contribution is 0.196. The Morgan fingerprint density at radius 1 is 1.35 bits per heavy atom. The first kappa shape index (κ1) is 14.1. The summed E-state index contributed by atoms with van der Waals surface area (Å²) in [5.41, 5.74) is 1.98. The first-order valence-electron chi connectivity index (χ1n) is 6.39. The molecule has 0 spiro atoms. The van der Waals surface area contributed by atoms with Crippen molar-refractivity contribution in [2.24, 2.45) is 0 Å². The Morgan fingerprint density at radius 3 is 3.00 bits per heavy atom. The SMILES string of the molecule is COCCNC(=O)NCc1cccc(-n2cccn2)c1. The second kappa shape index (κ2) is 7.30. The van der Waals surface area contributed by atoms with E-state index in [4.69, 9.17) is 4.74 Å². The smallest absolute Gasteiger partial charge is 0.315 e. The van der Waals surface area contributed by atoms with E-state index in [-0.39, 0.29) is 6.03 Å². The third-order valence-corrected chi connectivity index (χ3v) is 2.72. The molecule has 20 heavy (non-hydrogen) atoms. The molecule has 106 valence electrons. The average Bonchev–Trinajstić information content (AvgIpc) is 3.00. The number of rotatable bonds is 6. The molecule has 2 aromatic rings. The number of nitrogens with zero attached hydrogens (tertiary/aromatic N) is 2. The van der Waals surface area contributed by atoms with Crippen LogP contribution < -0.4 is 10.6 Å². The third-order valence-electron chi connectivity index (χ3n) is 2.72. The molecule has 0 unspecified atom stereocenters. The lowest BCUT2D eigenvalue weighted by atomic mass is 10.2. The van der Waals surface area contributed by atoms with E-state index in [1.165, 1.54) is 0 Å². The van der Waals surface area contributed by atoms with Gasteiger partial charge in [-0.15, -0.1) is 0 Å². The quantitative estimate of drug-likeness (QED) is 0.781. The van der Waals surface area contributed by atoms with E-state index in [1.54, 1.807) is 18.0 Å². The van der Waals surface area contributed by atoms with Crippen LogP contribution in [0.3, 0.4) is 0 Å². The van der Waals surface area contributed by atoms with Gasteiger partial charge < -0.3 is 15.4 Å². The summed E-state index contributed by atoms with van der Waals surface area (Å²) >= 11 is 0. The van der Waals surface area contributed by atoms with Crippen LogP contribution in [-0.4, -0.2) is 36.1 Å². The fourth-order valence-corrected chi connectivity index (χ4v) is 1.74. The minimum Gasteiger partial charge on any atom is -0.383 e. The molecular formula is C14H18N4O2. The third kappa shape index (κ3) is 4.10. The van der Waals surface area contributed by atoms with Gasteiger partial charge in [-0.1, -0.05) is 12.1 Å². The molecule has 2 amide bonds. The van der Waals surface area contributed by atoms with Crippen LogP contribution in [0.1, 0.15) is 5.56 Å². The summed E-state index contributed by atoms with van der Waals surface area (Å²) in [4.78, 5) is 11.5. The Hall–Kier alpha value is -2.34. The van der Waals surface area contributed by atoms with Crippen molar-refractivity contribution in [2.75, 3.05) is 20.3 Å².